The van der Waals surface area contributed by atoms with Gasteiger partial charge in [-0.15, -0.1) is 11.3 Å². The number of ketones is 1. The van der Waals surface area contributed by atoms with Crippen molar-refractivity contribution in [1.82, 2.24) is 5.32 Å². The summed E-state index contributed by atoms with van der Waals surface area (Å²) in [5.41, 5.74) is -0.252. The number of hydrogen-bond acceptors (Lipinski definition) is 7. The summed E-state index contributed by atoms with van der Waals surface area (Å²) in [6, 6.07) is 8.09. The molecule has 1 aromatic carbocycles. The Labute approximate surface area is 174 Å². The number of carbonyl (C=O) groups excluding carboxylic acids is 3. The van der Waals surface area contributed by atoms with E-state index in [4.69, 9.17) is 14.2 Å². The lowest BCUT2D eigenvalue weighted by Crippen LogP contribution is -2.34. The van der Waals surface area contributed by atoms with Gasteiger partial charge in [-0.3, -0.25) is 9.59 Å². The number of esters is 1. The van der Waals surface area contributed by atoms with Crippen molar-refractivity contribution in [3.63, 3.8) is 0 Å². The molecular weight excluding hydrogens is 394 g/mol. The van der Waals surface area contributed by atoms with Crippen molar-refractivity contribution in [3.05, 3.63) is 45.6 Å². The Morgan fingerprint density at radius 1 is 1.00 bits per heavy atom. The Bertz CT molecular complexity index is 875. The fourth-order valence-electron chi connectivity index (χ4n) is 2.27. The SMILES string of the molecule is COc1cc(OC)cc(C(=O)OCC(=O)c2ccc(CNC(=O)C(C)(C)C)s2)c1. The fraction of sp³-hybridized carbons (Fsp3) is 0.381. The number of ether oxygens (including phenoxy) is 3. The van der Waals surface area contributed by atoms with E-state index in [1.165, 1.54) is 37.7 Å². The molecule has 0 bridgehead atoms. The minimum absolute atomic E-state index is 0.0681. The van der Waals surface area contributed by atoms with Crippen LogP contribution < -0.4 is 14.8 Å². The van der Waals surface area contributed by atoms with Crippen molar-refractivity contribution < 1.29 is 28.6 Å². The highest BCUT2D eigenvalue weighted by Gasteiger charge is 2.21. The van der Waals surface area contributed by atoms with Crippen molar-refractivity contribution in [2.24, 2.45) is 5.41 Å². The average molecular weight is 419 g/mol. The first-order valence-electron chi connectivity index (χ1n) is 8.94. The largest absolute Gasteiger partial charge is 0.497 e. The standard InChI is InChI=1S/C21H25NO6S/c1-21(2,3)20(25)22-11-16-6-7-18(29-16)17(23)12-28-19(24)13-8-14(26-4)10-15(9-13)27-5/h6-10H,11-12H2,1-5H3,(H,22,25). The zero-order valence-corrected chi connectivity index (χ0v) is 18.0. The molecule has 0 spiro atoms. The van der Waals surface area contributed by atoms with Gasteiger partial charge < -0.3 is 19.5 Å². The molecule has 0 atom stereocenters. The Kier molecular flexibility index (Phi) is 7.39. The van der Waals surface area contributed by atoms with Crippen molar-refractivity contribution >= 4 is 29.0 Å². The smallest absolute Gasteiger partial charge is 0.338 e. The van der Waals surface area contributed by atoms with Crippen molar-refractivity contribution in [1.29, 1.82) is 0 Å². The van der Waals surface area contributed by atoms with Crippen molar-refractivity contribution in [2.75, 3.05) is 20.8 Å². The van der Waals surface area contributed by atoms with Crippen LogP contribution in [0.2, 0.25) is 0 Å². The molecule has 7 nitrogen and oxygen atoms in total. The van der Waals surface area contributed by atoms with E-state index >= 15 is 0 Å². The number of amides is 1. The molecule has 2 rings (SSSR count). The molecule has 8 heteroatoms. The highest BCUT2D eigenvalue weighted by atomic mass is 32.1. The number of thiophene rings is 1. The first-order valence-corrected chi connectivity index (χ1v) is 9.76. The second-order valence-corrected chi connectivity index (χ2v) is 8.47. The van der Waals surface area contributed by atoms with Crippen LogP contribution in [0.5, 0.6) is 11.5 Å². The summed E-state index contributed by atoms with van der Waals surface area (Å²) < 4.78 is 15.4. The third-order valence-corrected chi connectivity index (χ3v) is 5.09. The molecule has 0 aliphatic carbocycles. The Morgan fingerprint density at radius 3 is 2.17 bits per heavy atom. The monoisotopic (exact) mass is 419 g/mol. The molecule has 1 heterocycles. The lowest BCUT2D eigenvalue weighted by atomic mass is 9.96. The maximum atomic E-state index is 12.3. The minimum Gasteiger partial charge on any atom is -0.497 e. The molecule has 0 aliphatic rings. The van der Waals surface area contributed by atoms with Crippen molar-refractivity contribution in [2.45, 2.75) is 27.3 Å². The third kappa shape index (κ3) is 6.32. The van der Waals surface area contributed by atoms with E-state index in [9.17, 15) is 14.4 Å². The maximum Gasteiger partial charge on any atom is 0.338 e. The lowest BCUT2D eigenvalue weighted by molar-refractivity contribution is -0.128. The van der Waals surface area contributed by atoms with Gasteiger partial charge in [0.15, 0.2) is 6.61 Å². The number of hydrogen-bond donors (Lipinski definition) is 1. The molecule has 0 aliphatic heterocycles. The first-order chi connectivity index (χ1) is 13.6. The molecule has 0 radical (unpaired) electrons. The average Bonchev–Trinajstić information content (AvgIpc) is 3.17. The number of rotatable bonds is 8. The topological polar surface area (TPSA) is 90.9 Å². The predicted octanol–water partition coefficient (Wildman–Crippen LogP) is 3.47. The zero-order valence-electron chi connectivity index (χ0n) is 17.2. The van der Waals surface area contributed by atoms with Gasteiger partial charge in [0.1, 0.15) is 11.5 Å². The molecule has 1 aromatic heterocycles. The summed E-state index contributed by atoms with van der Waals surface area (Å²) in [7, 11) is 2.96. The van der Waals surface area contributed by atoms with Gasteiger partial charge in [-0.25, -0.2) is 4.79 Å². The molecule has 0 saturated heterocycles. The summed E-state index contributed by atoms with van der Waals surface area (Å²) >= 11 is 1.26. The predicted molar refractivity (Wildman–Crippen MR) is 110 cm³/mol. The quantitative estimate of drug-likeness (QED) is 0.520. The minimum atomic E-state index is -0.648. The van der Waals surface area contributed by atoms with Gasteiger partial charge in [-0.2, -0.15) is 0 Å². The summed E-state index contributed by atoms with van der Waals surface area (Å²) in [6.07, 6.45) is 0. The molecule has 0 unspecified atom stereocenters. The van der Waals surface area contributed by atoms with Crippen molar-refractivity contribution in [3.8, 4) is 11.5 Å². The van der Waals surface area contributed by atoms with Gasteiger partial charge in [0.2, 0.25) is 11.7 Å². The highest BCUT2D eigenvalue weighted by Crippen LogP contribution is 2.23. The Morgan fingerprint density at radius 2 is 1.62 bits per heavy atom. The van der Waals surface area contributed by atoms with E-state index in [2.05, 4.69) is 5.32 Å². The zero-order chi connectivity index (χ0) is 21.6. The highest BCUT2D eigenvalue weighted by molar-refractivity contribution is 7.14. The molecule has 0 saturated carbocycles. The van der Waals surface area contributed by atoms with E-state index in [0.717, 1.165) is 4.88 Å². The van der Waals surface area contributed by atoms with Crippen LogP contribution in [0.25, 0.3) is 0 Å². The van der Waals surface area contributed by atoms with Gasteiger partial charge in [-0.1, -0.05) is 20.8 Å². The molecule has 1 amide bonds. The van der Waals surface area contributed by atoms with Gasteiger partial charge in [0.25, 0.3) is 0 Å². The Balaban J connectivity index is 1.93. The van der Waals surface area contributed by atoms with Crippen LogP contribution in [0.3, 0.4) is 0 Å². The van der Waals surface area contributed by atoms with Gasteiger partial charge in [0.05, 0.1) is 31.2 Å². The number of methoxy groups -OCH3 is 2. The van der Waals surface area contributed by atoms with Crippen LogP contribution in [0.4, 0.5) is 0 Å². The summed E-state index contributed by atoms with van der Waals surface area (Å²) in [6.45, 7) is 5.46. The fourth-order valence-corrected chi connectivity index (χ4v) is 3.14. The number of carbonyl (C=O) groups is 3. The molecular formula is C21H25NO6S. The number of benzene rings is 1. The summed E-state index contributed by atoms with van der Waals surface area (Å²) in [4.78, 5) is 37.8. The van der Waals surface area contributed by atoms with Crippen LogP contribution in [0, 0.1) is 5.41 Å². The number of Topliss-reactive ketones (excluding diaryl/α,β-unsaturated/α-hetero) is 1. The van der Waals surface area contributed by atoms with E-state index in [1.807, 2.05) is 20.8 Å². The summed E-state index contributed by atoms with van der Waals surface area (Å²) in [5, 5.41) is 2.84. The van der Waals surface area contributed by atoms with Crippen LogP contribution in [-0.4, -0.2) is 38.5 Å². The normalized spacial score (nSPS) is 10.9. The van der Waals surface area contributed by atoms with Gasteiger partial charge in [0, 0.05) is 16.4 Å². The summed E-state index contributed by atoms with van der Waals surface area (Å²) in [5.74, 6) is -0.136. The second kappa shape index (κ2) is 9.56. The first kappa shape index (κ1) is 22.4. The third-order valence-electron chi connectivity index (χ3n) is 3.96. The maximum absolute atomic E-state index is 12.3. The molecule has 1 N–H and O–H groups in total. The molecule has 156 valence electrons. The Hall–Kier alpha value is -2.87. The van der Waals surface area contributed by atoms with E-state index in [0.29, 0.717) is 22.9 Å². The second-order valence-electron chi connectivity index (χ2n) is 7.30. The lowest BCUT2D eigenvalue weighted by Gasteiger charge is -2.17. The van der Waals surface area contributed by atoms with Crippen LogP contribution >= 0.6 is 11.3 Å². The van der Waals surface area contributed by atoms with Crippen LogP contribution in [-0.2, 0) is 16.1 Å². The van der Waals surface area contributed by atoms with Gasteiger partial charge in [-0.05, 0) is 24.3 Å². The molecule has 29 heavy (non-hydrogen) atoms. The van der Waals surface area contributed by atoms with Crippen LogP contribution in [0.1, 0.15) is 45.7 Å². The van der Waals surface area contributed by atoms with E-state index < -0.39 is 11.4 Å². The molecule has 0 fully saturated rings. The molecule has 2 aromatic rings. The van der Waals surface area contributed by atoms with E-state index in [1.54, 1.807) is 18.2 Å². The van der Waals surface area contributed by atoms with E-state index in [-0.39, 0.29) is 23.9 Å². The number of nitrogens with one attached hydrogen (secondary N) is 1. The van der Waals surface area contributed by atoms with Crippen LogP contribution in [0.15, 0.2) is 30.3 Å². The van der Waals surface area contributed by atoms with Gasteiger partial charge >= 0.3 is 5.97 Å².